The molecule has 3 nitrogen and oxygen atoms in total. The van der Waals surface area contributed by atoms with E-state index < -0.39 is 5.97 Å². The number of rotatable bonds is 4. The summed E-state index contributed by atoms with van der Waals surface area (Å²) in [4.78, 5) is 16.2. The number of thiazole rings is 1. The molecule has 2 heterocycles. The van der Waals surface area contributed by atoms with Gasteiger partial charge in [0.25, 0.3) is 0 Å². The molecule has 0 fully saturated rings. The van der Waals surface area contributed by atoms with E-state index in [2.05, 4.69) is 4.98 Å². The summed E-state index contributed by atoms with van der Waals surface area (Å²) < 4.78 is 0.758. The van der Waals surface area contributed by atoms with Crippen LogP contribution in [0.5, 0.6) is 0 Å². The van der Waals surface area contributed by atoms with Gasteiger partial charge in [-0.1, -0.05) is 29.8 Å². The third-order valence-electron chi connectivity index (χ3n) is 2.85. The molecule has 2 aromatic heterocycles. The van der Waals surface area contributed by atoms with Crippen LogP contribution in [0.4, 0.5) is 0 Å². The smallest absolute Gasteiger partial charge is 0.309 e. The van der Waals surface area contributed by atoms with Crippen molar-refractivity contribution in [3.63, 3.8) is 0 Å². The van der Waals surface area contributed by atoms with Gasteiger partial charge >= 0.3 is 5.97 Å². The van der Waals surface area contributed by atoms with Gasteiger partial charge in [-0.05, 0) is 23.8 Å². The predicted octanol–water partition coefficient (Wildman–Crippen LogP) is 4.82. The lowest BCUT2D eigenvalue weighted by molar-refractivity contribution is -0.136. The molecule has 0 radical (unpaired) electrons. The van der Waals surface area contributed by atoms with Gasteiger partial charge in [-0.15, -0.1) is 22.7 Å². The standard InChI is InChI=1S/C15H10ClNO2S2/c16-13-5-4-12(21-13)9-2-1-3-10(6-9)15-17-11(8-20-15)7-14(18)19/h1-6,8H,7H2,(H,18,19). The van der Waals surface area contributed by atoms with Crippen LogP contribution < -0.4 is 0 Å². The number of carboxylic acids is 1. The Morgan fingerprint density at radius 3 is 2.76 bits per heavy atom. The topological polar surface area (TPSA) is 50.2 Å². The minimum atomic E-state index is -0.867. The van der Waals surface area contributed by atoms with E-state index in [-0.39, 0.29) is 6.42 Å². The molecule has 0 aliphatic carbocycles. The molecule has 0 bridgehead atoms. The molecular formula is C15H10ClNO2S2. The number of hydrogen-bond acceptors (Lipinski definition) is 4. The molecule has 0 aliphatic rings. The van der Waals surface area contributed by atoms with Crippen molar-refractivity contribution >= 4 is 40.2 Å². The van der Waals surface area contributed by atoms with Crippen molar-refractivity contribution in [1.29, 1.82) is 0 Å². The molecule has 1 N–H and O–H groups in total. The van der Waals surface area contributed by atoms with Crippen molar-refractivity contribution in [2.45, 2.75) is 6.42 Å². The number of carbonyl (C=O) groups is 1. The first-order valence-electron chi connectivity index (χ1n) is 6.14. The summed E-state index contributed by atoms with van der Waals surface area (Å²) in [6.07, 6.45) is -0.0449. The summed E-state index contributed by atoms with van der Waals surface area (Å²) >= 11 is 8.96. The highest BCUT2D eigenvalue weighted by atomic mass is 35.5. The summed E-state index contributed by atoms with van der Waals surface area (Å²) in [6.45, 7) is 0. The van der Waals surface area contributed by atoms with E-state index >= 15 is 0 Å². The average molecular weight is 336 g/mol. The number of hydrogen-bond donors (Lipinski definition) is 1. The van der Waals surface area contributed by atoms with Gasteiger partial charge < -0.3 is 5.11 Å². The average Bonchev–Trinajstić information content (AvgIpc) is 3.07. The number of thiophene rings is 1. The molecule has 21 heavy (non-hydrogen) atoms. The predicted molar refractivity (Wildman–Crippen MR) is 87.2 cm³/mol. The highest BCUT2D eigenvalue weighted by Crippen LogP contribution is 2.33. The Morgan fingerprint density at radius 1 is 1.24 bits per heavy atom. The zero-order valence-corrected chi connectivity index (χ0v) is 13.1. The lowest BCUT2D eigenvalue weighted by Crippen LogP contribution is -1.99. The van der Waals surface area contributed by atoms with Crippen molar-refractivity contribution in [3.05, 3.63) is 51.8 Å². The third-order valence-corrected chi connectivity index (χ3v) is 5.07. The van der Waals surface area contributed by atoms with Crippen LogP contribution in [0.1, 0.15) is 5.69 Å². The largest absolute Gasteiger partial charge is 0.481 e. The fourth-order valence-electron chi connectivity index (χ4n) is 1.95. The first-order chi connectivity index (χ1) is 10.1. The maximum atomic E-state index is 10.7. The molecule has 3 rings (SSSR count). The maximum absolute atomic E-state index is 10.7. The molecule has 0 amide bonds. The Bertz CT molecular complexity index is 794. The Kier molecular flexibility index (Phi) is 4.05. The van der Waals surface area contributed by atoms with Crippen molar-refractivity contribution < 1.29 is 9.90 Å². The highest BCUT2D eigenvalue weighted by Gasteiger charge is 2.09. The van der Waals surface area contributed by atoms with E-state index in [1.54, 1.807) is 5.38 Å². The van der Waals surface area contributed by atoms with Crippen LogP contribution in [0.15, 0.2) is 41.8 Å². The summed E-state index contributed by atoms with van der Waals surface area (Å²) in [5.41, 5.74) is 2.66. The monoisotopic (exact) mass is 335 g/mol. The van der Waals surface area contributed by atoms with Crippen LogP contribution in [0.2, 0.25) is 4.34 Å². The molecule has 106 valence electrons. The van der Waals surface area contributed by atoms with Crippen molar-refractivity contribution in [3.8, 4) is 21.0 Å². The number of nitrogens with zero attached hydrogens (tertiary/aromatic N) is 1. The third kappa shape index (κ3) is 3.32. The van der Waals surface area contributed by atoms with Crippen molar-refractivity contribution in [1.82, 2.24) is 4.98 Å². The SMILES string of the molecule is O=C(O)Cc1csc(-c2cccc(-c3ccc(Cl)s3)c2)n1. The van der Waals surface area contributed by atoms with Crippen molar-refractivity contribution in [2.24, 2.45) is 0 Å². The normalized spacial score (nSPS) is 10.7. The number of benzene rings is 1. The molecule has 6 heteroatoms. The highest BCUT2D eigenvalue weighted by molar-refractivity contribution is 7.19. The number of halogens is 1. The molecule has 1 aromatic carbocycles. The number of carboxylic acid groups (broad SMARTS) is 1. The molecule has 0 saturated carbocycles. The minimum Gasteiger partial charge on any atom is -0.481 e. The Morgan fingerprint density at radius 2 is 2.05 bits per heavy atom. The summed E-state index contributed by atoms with van der Waals surface area (Å²) in [7, 11) is 0. The molecule has 0 aliphatic heterocycles. The molecular weight excluding hydrogens is 326 g/mol. The van der Waals surface area contributed by atoms with Gasteiger partial charge in [0.1, 0.15) is 5.01 Å². The van der Waals surface area contributed by atoms with Crippen LogP contribution in [0, 0.1) is 0 Å². The fourth-order valence-corrected chi connectivity index (χ4v) is 3.81. The first-order valence-corrected chi connectivity index (χ1v) is 8.21. The molecule has 0 spiro atoms. The van der Waals surface area contributed by atoms with Crippen LogP contribution in [-0.2, 0) is 11.2 Å². The van der Waals surface area contributed by atoms with Gasteiger partial charge in [-0.2, -0.15) is 0 Å². The van der Waals surface area contributed by atoms with E-state index in [4.69, 9.17) is 16.7 Å². The summed E-state index contributed by atoms with van der Waals surface area (Å²) in [5.74, 6) is -0.867. The minimum absolute atomic E-state index is 0.0449. The number of aromatic nitrogens is 1. The van der Waals surface area contributed by atoms with E-state index in [1.807, 2.05) is 36.4 Å². The Labute approximate surface area is 134 Å². The second-order valence-electron chi connectivity index (χ2n) is 4.40. The zero-order valence-electron chi connectivity index (χ0n) is 10.7. The van der Waals surface area contributed by atoms with Gasteiger partial charge in [-0.3, -0.25) is 4.79 Å². The van der Waals surface area contributed by atoms with E-state index in [9.17, 15) is 4.79 Å². The van der Waals surface area contributed by atoms with Crippen LogP contribution in [0.3, 0.4) is 0 Å². The second-order valence-corrected chi connectivity index (χ2v) is 6.97. The van der Waals surface area contributed by atoms with Crippen LogP contribution in [0.25, 0.3) is 21.0 Å². The lowest BCUT2D eigenvalue weighted by atomic mass is 10.1. The molecule has 0 saturated heterocycles. The van der Waals surface area contributed by atoms with Crippen LogP contribution >= 0.6 is 34.3 Å². The van der Waals surface area contributed by atoms with Gasteiger partial charge in [0.15, 0.2) is 0 Å². The van der Waals surface area contributed by atoms with Gasteiger partial charge in [0, 0.05) is 15.8 Å². The molecule has 0 unspecified atom stereocenters. The van der Waals surface area contributed by atoms with E-state index in [0.717, 1.165) is 25.3 Å². The van der Waals surface area contributed by atoms with E-state index in [1.165, 1.54) is 22.7 Å². The van der Waals surface area contributed by atoms with Gasteiger partial charge in [-0.25, -0.2) is 4.98 Å². The first kappa shape index (κ1) is 14.3. The zero-order chi connectivity index (χ0) is 14.8. The van der Waals surface area contributed by atoms with Crippen LogP contribution in [-0.4, -0.2) is 16.1 Å². The molecule has 0 atom stereocenters. The summed E-state index contributed by atoms with van der Waals surface area (Å²) in [5, 5.41) is 11.4. The molecule has 3 aromatic rings. The van der Waals surface area contributed by atoms with Crippen molar-refractivity contribution in [2.75, 3.05) is 0 Å². The Hall–Kier alpha value is -1.69. The summed E-state index contributed by atoms with van der Waals surface area (Å²) in [6, 6.07) is 11.9. The van der Waals surface area contributed by atoms with Gasteiger partial charge in [0.05, 0.1) is 16.5 Å². The number of aliphatic carboxylic acids is 1. The maximum Gasteiger partial charge on any atom is 0.309 e. The Balaban J connectivity index is 1.92. The fraction of sp³-hybridized carbons (Fsp3) is 0.0667. The quantitative estimate of drug-likeness (QED) is 0.743. The lowest BCUT2D eigenvalue weighted by Gasteiger charge is -2.01. The van der Waals surface area contributed by atoms with E-state index in [0.29, 0.717) is 5.69 Å². The second kappa shape index (κ2) is 5.97. The van der Waals surface area contributed by atoms with Gasteiger partial charge in [0.2, 0.25) is 0 Å².